The van der Waals surface area contributed by atoms with Crippen molar-refractivity contribution in [2.45, 2.75) is 38.8 Å². The van der Waals surface area contributed by atoms with E-state index >= 15 is 0 Å². The fourth-order valence-corrected chi connectivity index (χ4v) is 3.60. The monoisotopic (exact) mass is 306 g/mol. The molecule has 2 saturated heterocycles. The summed E-state index contributed by atoms with van der Waals surface area (Å²) in [6, 6.07) is 0. The molecule has 0 aromatic carbocycles. The first-order chi connectivity index (χ1) is 10.7. The lowest BCUT2D eigenvalue weighted by atomic mass is 10.0. The minimum atomic E-state index is 0.144. The van der Waals surface area contributed by atoms with Gasteiger partial charge in [0.25, 0.3) is 0 Å². The maximum absolute atomic E-state index is 12.4. The standard InChI is InChI=1S/C16H26N4O2/c1-12-14(18-11-17-12)9-19-8-13(15(10-19)22-2)7-16(21)20-5-3-4-6-20/h11,13,15H,3-10H2,1-2H3,(H,17,18)/t13-,15-/m0/s1. The minimum Gasteiger partial charge on any atom is -0.380 e. The third kappa shape index (κ3) is 3.33. The number of hydrogen-bond donors (Lipinski definition) is 1. The number of aryl methyl sites for hydroxylation is 1. The summed E-state index contributed by atoms with van der Waals surface area (Å²) < 4.78 is 5.63. The number of imidazole rings is 1. The molecule has 2 fully saturated rings. The lowest BCUT2D eigenvalue weighted by Gasteiger charge is -2.20. The highest BCUT2D eigenvalue weighted by Crippen LogP contribution is 2.25. The maximum atomic E-state index is 12.4. The van der Waals surface area contributed by atoms with Gasteiger partial charge in [-0.1, -0.05) is 0 Å². The molecule has 3 heterocycles. The number of hydrogen-bond acceptors (Lipinski definition) is 4. The lowest BCUT2D eigenvalue weighted by Crippen LogP contribution is -2.32. The molecule has 2 atom stereocenters. The van der Waals surface area contributed by atoms with Gasteiger partial charge in [0, 0.05) is 57.9 Å². The number of aromatic nitrogens is 2. The van der Waals surface area contributed by atoms with Gasteiger partial charge in [-0.15, -0.1) is 0 Å². The average Bonchev–Trinajstić information content (AvgIpc) is 3.22. The summed E-state index contributed by atoms with van der Waals surface area (Å²) in [5.41, 5.74) is 2.20. The smallest absolute Gasteiger partial charge is 0.222 e. The highest BCUT2D eigenvalue weighted by molar-refractivity contribution is 5.76. The highest BCUT2D eigenvalue weighted by Gasteiger charge is 2.35. The number of aromatic amines is 1. The van der Waals surface area contributed by atoms with Crippen molar-refractivity contribution in [1.82, 2.24) is 19.8 Å². The third-order valence-corrected chi connectivity index (χ3v) is 4.96. The van der Waals surface area contributed by atoms with Gasteiger partial charge in [0.15, 0.2) is 0 Å². The van der Waals surface area contributed by atoms with E-state index in [9.17, 15) is 4.79 Å². The Bertz CT molecular complexity index is 510. The Morgan fingerprint density at radius 2 is 2.18 bits per heavy atom. The van der Waals surface area contributed by atoms with Crippen LogP contribution in [0, 0.1) is 12.8 Å². The van der Waals surface area contributed by atoms with Crippen molar-refractivity contribution < 1.29 is 9.53 Å². The molecule has 1 aromatic heterocycles. The van der Waals surface area contributed by atoms with Crippen LogP contribution in [0.1, 0.15) is 30.7 Å². The molecular formula is C16H26N4O2. The lowest BCUT2D eigenvalue weighted by molar-refractivity contribution is -0.131. The van der Waals surface area contributed by atoms with Crippen LogP contribution in [0.4, 0.5) is 0 Å². The zero-order chi connectivity index (χ0) is 15.5. The molecule has 0 saturated carbocycles. The molecule has 1 N–H and O–H groups in total. The van der Waals surface area contributed by atoms with Gasteiger partial charge in [0.1, 0.15) is 0 Å². The SMILES string of the molecule is CO[C@H]1CN(Cc2nc[nH]c2C)C[C@@H]1CC(=O)N1CCCC1. The molecule has 0 spiro atoms. The minimum absolute atomic E-state index is 0.144. The molecule has 2 aliphatic heterocycles. The number of carbonyl (C=O) groups excluding carboxylic acids is 1. The molecule has 1 aromatic rings. The van der Waals surface area contributed by atoms with Crippen LogP contribution < -0.4 is 0 Å². The summed E-state index contributed by atoms with van der Waals surface area (Å²) in [6.07, 6.45) is 4.78. The van der Waals surface area contributed by atoms with Crippen molar-refractivity contribution in [3.05, 3.63) is 17.7 Å². The summed E-state index contributed by atoms with van der Waals surface area (Å²) in [6.45, 7) is 6.51. The number of carbonyl (C=O) groups is 1. The first-order valence-electron chi connectivity index (χ1n) is 8.19. The summed E-state index contributed by atoms with van der Waals surface area (Å²) in [5.74, 6) is 0.583. The number of rotatable bonds is 5. The number of nitrogens with zero attached hydrogens (tertiary/aromatic N) is 3. The number of nitrogens with one attached hydrogen (secondary N) is 1. The van der Waals surface area contributed by atoms with Crippen molar-refractivity contribution >= 4 is 5.91 Å². The Kier molecular flexibility index (Phi) is 4.78. The molecule has 3 rings (SSSR count). The van der Waals surface area contributed by atoms with Gasteiger partial charge in [-0.3, -0.25) is 9.69 Å². The predicted molar refractivity (Wildman–Crippen MR) is 83.3 cm³/mol. The Morgan fingerprint density at radius 3 is 2.82 bits per heavy atom. The van der Waals surface area contributed by atoms with Crippen molar-refractivity contribution in [2.24, 2.45) is 5.92 Å². The average molecular weight is 306 g/mol. The number of amides is 1. The second-order valence-corrected chi connectivity index (χ2v) is 6.49. The molecular weight excluding hydrogens is 280 g/mol. The van der Waals surface area contributed by atoms with Gasteiger partial charge < -0.3 is 14.6 Å². The molecule has 6 nitrogen and oxygen atoms in total. The van der Waals surface area contributed by atoms with Gasteiger partial charge >= 0.3 is 0 Å². The van der Waals surface area contributed by atoms with Crippen LogP contribution in [0.25, 0.3) is 0 Å². The Hall–Kier alpha value is -1.40. The summed E-state index contributed by atoms with van der Waals surface area (Å²) in [4.78, 5) is 24.2. The van der Waals surface area contributed by atoms with Crippen LogP contribution in [0.15, 0.2) is 6.33 Å². The molecule has 122 valence electrons. The third-order valence-electron chi connectivity index (χ3n) is 4.96. The Labute approximate surface area is 131 Å². The van der Waals surface area contributed by atoms with Crippen LogP contribution >= 0.6 is 0 Å². The molecule has 0 unspecified atom stereocenters. The Morgan fingerprint density at radius 1 is 1.41 bits per heavy atom. The zero-order valence-corrected chi connectivity index (χ0v) is 13.5. The molecule has 22 heavy (non-hydrogen) atoms. The number of likely N-dealkylation sites (tertiary alicyclic amines) is 2. The molecule has 0 bridgehead atoms. The van der Waals surface area contributed by atoms with Crippen molar-refractivity contribution in [3.63, 3.8) is 0 Å². The van der Waals surface area contributed by atoms with Crippen molar-refractivity contribution in [3.8, 4) is 0 Å². The zero-order valence-electron chi connectivity index (χ0n) is 13.5. The first-order valence-corrected chi connectivity index (χ1v) is 8.19. The normalized spacial score (nSPS) is 26.0. The van der Waals surface area contributed by atoms with E-state index in [2.05, 4.69) is 14.9 Å². The molecule has 0 aliphatic carbocycles. The van der Waals surface area contributed by atoms with E-state index in [0.717, 1.165) is 57.0 Å². The van der Waals surface area contributed by atoms with Gasteiger partial charge in [-0.05, 0) is 19.8 Å². The largest absolute Gasteiger partial charge is 0.380 e. The highest BCUT2D eigenvalue weighted by atomic mass is 16.5. The Balaban J connectivity index is 1.57. The van der Waals surface area contributed by atoms with E-state index in [1.807, 2.05) is 11.8 Å². The van der Waals surface area contributed by atoms with E-state index in [4.69, 9.17) is 4.74 Å². The predicted octanol–water partition coefficient (Wildman–Crippen LogP) is 1.18. The number of methoxy groups -OCH3 is 1. The molecule has 6 heteroatoms. The topological polar surface area (TPSA) is 61.5 Å². The first kappa shape index (κ1) is 15.5. The fraction of sp³-hybridized carbons (Fsp3) is 0.750. The number of ether oxygens (including phenoxy) is 1. The van der Waals surface area contributed by atoms with E-state index in [0.29, 0.717) is 12.3 Å². The summed E-state index contributed by atoms with van der Waals surface area (Å²) in [5, 5.41) is 0. The van der Waals surface area contributed by atoms with Gasteiger partial charge in [0.05, 0.1) is 18.1 Å². The van der Waals surface area contributed by atoms with Crippen molar-refractivity contribution in [1.29, 1.82) is 0 Å². The maximum Gasteiger partial charge on any atom is 0.222 e. The van der Waals surface area contributed by atoms with Gasteiger partial charge in [0.2, 0.25) is 5.91 Å². The second-order valence-electron chi connectivity index (χ2n) is 6.49. The second kappa shape index (κ2) is 6.79. The van der Waals surface area contributed by atoms with Crippen LogP contribution in [0.2, 0.25) is 0 Å². The van der Waals surface area contributed by atoms with E-state index in [1.165, 1.54) is 0 Å². The van der Waals surface area contributed by atoms with E-state index in [-0.39, 0.29) is 12.0 Å². The summed E-state index contributed by atoms with van der Waals surface area (Å²) >= 11 is 0. The molecule has 0 radical (unpaired) electrons. The van der Waals surface area contributed by atoms with Crippen LogP contribution in [0.5, 0.6) is 0 Å². The van der Waals surface area contributed by atoms with Gasteiger partial charge in [-0.25, -0.2) is 4.98 Å². The number of H-pyrrole nitrogens is 1. The van der Waals surface area contributed by atoms with Crippen LogP contribution in [-0.2, 0) is 16.1 Å². The molecule has 2 aliphatic rings. The van der Waals surface area contributed by atoms with Gasteiger partial charge in [-0.2, -0.15) is 0 Å². The van der Waals surface area contributed by atoms with Crippen molar-refractivity contribution in [2.75, 3.05) is 33.3 Å². The molecule has 1 amide bonds. The van der Waals surface area contributed by atoms with Crippen LogP contribution in [0.3, 0.4) is 0 Å². The quantitative estimate of drug-likeness (QED) is 0.887. The van der Waals surface area contributed by atoms with Crippen LogP contribution in [-0.4, -0.2) is 65.1 Å². The van der Waals surface area contributed by atoms with E-state index in [1.54, 1.807) is 13.4 Å². The van der Waals surface area contributed by atoms with E-state index < -0.39 is 0 Å². The fourth-order valence-electron chi connectivity index (χ4n) is 3.60. The summed E-state index contributed by atoms with van der Waals surface area (Å²) in [7, 11) is 1.75.